The first-order chi connectivity index (χ1) is 23.6. The minimum atomic E-state index is -1.39. The minimum Gasteiger partial charge on any atom is -0.444 e. The van der Waals surface area contributed by atoms with Crippen molar-refractivity contribution in [3.8, 4) is 0 Å². The number of rotatable bonds is 16. The molecule has 8 nitrogen and oxygen atoms in total. The van der Waals surface area contributed by atoms with Crippen LogP contribution >= 0.6 is 11.8 Å². The highest BCUT2D eigenvalue weighted by molar-refractivity contribution is 7.99. The number of aliphatic hydroxyl groups is 1. The second-order valence-corrected chi connectivity index (χ2v) is 14.8. The second-order valence-electron chi connectivity index (χ2n) is 13.5. The van der Waals surface area contributed by atoms with Crippen molar-refractivity contribution < 1.29 is 33.0 Å². The van der Waals surface area contributed by atoms with Crippen molar-refractivity contribution in [2.75, 3.05) is 25.4 Å². The number of aryl methyl sites for hydroxylation is 1. The Bertz CT molecular complexity index is 1590. The number of amides is 3. The van der Waals surface area contributed by atoms with Crippen LogP contribution in [0.25, 0.3) is 0 Å². The first-order valence-electron chi connectivity index (χ1n) is 17.2. The van der Waals surface area contributed by atoms with Gasteiger partial charge >= 0.3 is 6.09 Å². The van der Waals surface area contributed by atoms with E-state index in [0.29, 0.717) is 24.2 Å². The van der Waals surface area contributed by atoms with Gasteiger partial charge in [-0.2, -0.15) is 0 Å². The largest absolute Gasteiger partial charge is 0.444 e. The number of carbonyl (C=O) groups is 3. The maximum Gasteiger partial charge on any atom is 0.410 e. The van der Waals surface area contributed by atoms with E-state index in [1.54, 1.807) is 56.5 Å². The monoisotopic (exact) mass is 711 g/mol. The van der Waals surface area contributed by atoms with Crippen molar-refractivity contribution in [3.63, 3.8) is 0 Å². The Kier molecular flexibility index (Phi) is 15.3. The number of thioether (sulfide) groups is 1. The molecule has 2 N–H and O–H groups in total. The van der Waals surface area contributed by atoms with Gasteiger partial charge in [0.2, 0.25) is 0 Å². The number of carbonyl (C=O) groups excluding carboxylic acids is 3. The molecule has 3 aromatic rings. The maximum absolute atomic E-state index is 14.3. The fourth-order valence-electron chi connectivity index (χ4n) is 5.60. The van der Waals surface area contributed by atoms with Crippen LogP contribution in [-0.4, -0.2) is 75.9 Å². The Labute approximate surface area is 299 Å². The molecule has 0 radical (unpaired) electrons. The smallest absolute Gasteiger partial charge is 0.410 e. The normalized spacial score (nSPS) is 12.6. The molecule has 3 aromatic carbocycles. The molecule has 11 heteroatoms. The predicted octanol–water partition coefficient (Wildman–Crippen LogP) is 7.79. The predicted molar refractivity (Wildman–Crippen MR) is 194 cm³/mol. The number of nitrogens with one attached hydrogen (secondary N) is 1. The Morgan fingerprint density at radius 1 is 0.880 bits per heavy atom. The Hall–Kier alpha value is -3.96. The molecule has 0 aliphatic rings. The topological polar surface area (TPSA) is 99.2 Å². The summed E-state index contributed by atoms with van der Waals surface area (Å²) < 4.78 is 34.2. The number of ether oxygens (including phenoxy) is 1. The van der Waals surface area contributed by atoms with E-state index in [1.807, 2.05) is 45.0 Å². The summed E-state index contributed by atoms with van der Waals surface area (Å²) in [5, 5.41) is 14.5. The fraction of sp³-hybridized carbons (Fsp3) is 0.462. The number of nitrogens with zero attached hydrogens (tertiary/aromatic N) is 2. The number of aliphatic hydroxyl groups excluding tert-OH is 1. The Morgan fingerprint density at radius 3 is 2.12 bits per heavy atom. The number of halogens is 2. The van der Waals surface area contributed by atoms with Crippen LogP contribution in [0.2, 0.25) is 0 Å². The van der Waals surface area contributed by atoms with E-state index in [1.165, 1.54) is 11.0 Å². The van der Waals surface area contributed by atoms with Gasteiger partial charge in [-0.25, -0.2) is 13.6 Å². The molecule has 50 heavy (non-hydrogen) atoms. The van der Waals surface area contributed by atoms with E-state index < -0.39 is 41.4 Å². The van der Waals surface area contributed by atoms with E-state index in [0.717, 1.165) is 47.3 Å². The van der Waals surface area contributed by atoms with Gasteiger partial charge < -0.3 is 25.0 Å². The van der Waals surface area contributed by atoms with Crippen LogP contribution in [0.4, 0.5) is 13.6 Å². The molecule has 0 saturated carbocycles. The minimum absolute atomic E-state index is 0.106. The van der Waals surface area contributed by atoms with Crippen LogP contribution in [0.5, 0.6) is 0 Å². The summed E-state index contributed by atoms with van der Waals surface area (Å²) >= 11 is 1.66. The Balaban J connectivity index is 1.97. The van der Waals surface area contributed by atoms with E-state index in [-0.39, 0.29) is 36.5 Å². The summed E-state index contributed by atoms with van der Waals surface area (Å²) in [6.45, 7) is 14.0. The van der Waals surface area contributed by atoms with Gasteiger partial charge in [0, 0.05) is 41.7 Å². The lowest BCUT2D eigenvalue weighted by atomic mass is 9.99. The highest BCUT2D eigenvalue weighted by Gasteiger charge is 2.30. The van der Waals surface area contributed by atoms with Crippen LogP contribution in [0.1, 0.15) is 91.8 Å². The van der Waals surface area contributed by atoms with Gasteiger partial charge in [0.1, 0.15) is 17.2 Å². The second kappa shape index (κ2) is 18.9. The molecule has 0 heterocycles. The number of hydrogen-bond acceptors (Lipinski definition) is 6. The summed E-state index contributed by atoms with van der Waals surface area (Å²) in [5.41, 5.74) is 1.44. The molecule has 0 aliphatic heterocycles. The molecule has 0 aliphatic carbocycles. The van der Waals surface area contributed by atoms with E-state index >= 15 is 0 Å². The summed E-state index contributed by atoms with van der Waals surface area (Å²) in [4.78, 5) is 44.8. The van der Waals surface area contributed by atoms with Gasteiger partial charge in [0.25, 0.3) is 11.8 Å². The van der Waals surface area contributed by atoms with Gasteiger partial charge in [-0.05, 0) is 112 Å². The fourth-order valence-corrected chi connectivity index (χ4v) is 6.34. The standard InChI is InChI=1S/C39H51F2N3O5S/c1-8-14-43(15-9-2)37(47)30-17-26(4)16-29(22-30)36(46)42-34(21-28-18-31(40)23-32(41)19-28)35(45)25-44(38(48)49-39(5,6)7)24-27-12-11-13-33(20-27)50-10-3/h11-13,16-20,22-23,34-35,45H,8-10,14-15,21,24-25H2,1-7H3,(H,42,46)/t34?,35-/m1/s1. The first kappa shape index (κ1) is 40.5. The average molecular weight is 712 g/mol. The van der Waals surface area contributed by atoms with Crippen molar-refractivity contribution in [1.82, 2.24) is 15.1 Å². The zero-order valence-corrected chi connectivity index (χ0v) is 31.0. The lowest BCUT2D eigenvalue weighted by Crippen LogP contribution is -2.51. The molecule has 0 bridgehead atoms. The van der Waals surface area contributed by atoms with Crippen molar-refractivity contribution in [1.29, 1.82) is 0 Å². The molecule has 272 valence electrons. The van der Waals surface area contributed by atoms with Crippen LogP contribution < -0.4 is 5.32 Å². The molecule has 0 spiro atoms. The third-order valence-electron chi connectivity index (χ3n) is 7.66. The van der Waals surface area contributed by atoms with Crippen molar-refractivity contribution in [3.05, 3.63) is 100 Å². The highest BCUT2D eigenvalue weighted by Crippen LogP contribution is 2.22. The van der Waals surface area contributed by atoms with Crippen LogP contribution in [0, 0.1) is 18.6 Å². The SMILES string of the molecule is CCCN(CCC)C(=O)c1cc(C)cc(C(=O)NC(Cc2cc(F)cc(F)c2)[C@H](O)CN(Cc2cccc(SCC)c2)C(=O)OC(C)(C)C)c1. The van der Waals surface area contributed by atoms with Gasteiger partial charge in [0.15, 0.2) is 0 Å². The molecular weight excluding hydrogens is 661 g/mol. The van der Waals surface area contributed by atoms with E-state index in [4.69, 9.17) is 4.74 Å². The third kappa shape index (κ3) is 12.7. The van der Waals surface area contributed by atoms with Crippen LogP contribution in [0.15, 0.2) is 65.6 Å². The van der Waals surface area contributed by atoms with Gasteiger partial charge in [-0.3, -0.25) is 9.59 Å². The average Bonchev–Trinajstić information content (AvgIpc) is 3.02. The summed E-state index contributed by atoms with van der Waals surface area (Å²) in [6, 6.07) is 14.5. The summed E-state index contributed by atoms with van der Waals surface area (Å²) in [7, 11) is 0. The van der Waals surface area contributed by atoms with Crippen LogP contribution in [-0.2, 0) is 17.7 Å². The van der Waals surface area contributed by atoms with Gasteiger partial charge in [-0.15, -0.1) is 11.8 Å². The molecule has 2 atom stereocenters. The third-order valence-corrected chi connectivity index (χ3v) is 8.54. The quantitative estimate of drug-likeness (QED) is 0.147. The zero-order chi connectivity index (χ0) is 37.0. The molecule has 3 rings (SSSR count). The van der Waals surface area contributed by atoms with Crippen molar-refractivity contribution in [2.45, 2.75) is 96.9 Å². The molecule has 0 fully saturated rings. The van der Waals surface area contributed by atoms with Gasteiger partial charge in [-0.1, -0.05) is 32.9 Å². The molecule has 0 aromatic heterocycles. The lowest BCUT2D eigenvalue weighted by molar-refractivity contribution is 0.00836. The van der Waals surface area contributed by atoms with Crippen molar-refractivity contribution in [2.24, 2.45) is 0 Å². The van der Waals surface area contributed by atoms with Gasteiger partial charge in [0.05, 0.1) is 18.7 Å². The highest BCUT2D eigenvalue weighted by atomic mass is 32.2. The summed E-state index contributed by atoms with van der Waals surface area (Å²) in [5.74, 6) is -1.51. The Morgan fingerprint density at radius 2 is 1.52 bits per heavy atom. The number of hydrogen-bond donors (Lipinski definition) is 2. The molecule has 3 amide bonds. The molecule has 1 unspecified atom stereocenters. The molecular formula is C39H51F2N3O5S. The van der Waals surface area contributed by atoms with E-state index in [9.17, 15) is 28.3 Å². The lowest BCUT2D eigenvalue weighted by Gasteiger charge is -2.32. The maximum atomic E-state index is 14.3. The molecule has 0 saturated heterocycles. The summed E-state index contributed by atoms with van der Waals surface area (Å²) in [6.07, 6.45) is -0.632. The first-order valence-corrected chi connectivity index (χ1v) is 18.1. The van der Waals surface area contributed by atoms with E-state index in [2.05, 4.69) is 5.32 Å². The van der Waals surface area contributed by atoms with Crippen molar-refractivity contribution >= 4 is 29.7 Å². The number of benzene rings is 3. The van der Waals surface area contributed by atoms with Crippen LogP contribution in [0.3, 0.4) is 0 Å². The zero-order valence-electron chi connectivity index (χ0n) is 30.2.